The van der Waals surface area contributed by atoms with Crippen LogP contribution in [0.5, 0.6) is 0 Å². The van der Waals surface area contributed by atoms with Crippen LogP contribution in [0.4, 0.5) is 0 Å². The molecular weight excluding hydrogens is 224 g/mol. The molecule has 0 unspecified atom stereocenters. The van der Waals surface area contributed by atoms with Gasteiger partial charge in [-0.05, 0) is 70.1 Å². The van der Waals surface area contributed by atoms with Crippen molar-refractivity contribution in [3.05, 3.63) is 0 Å². The molecule has 3 heteroatoms. The Morgan fingerprint density at radius 3 is 2.33 bits per heavy atom. The summed E-state index contributed by atoms with van der Waals surface area (Å²) in [4.78, 5) is 2.64. The highest BCUT2D eigenvalue weighted by Crippen LogP contribution is 2.21. The molecule has 2 aliphatic rings. The average Bonchev–Trinajstić information content (AvgIpc) is 2.45. The number of hydrogen-bond donors (Lipinski definition) is 1. The predicted molar refractivity (Wildman–Crippen MR) is 75.6 cm³/mol. The molecule has 0 radical (unpaired) electrons. The molecule has 2 saturated heterocycles. The summed E-state index contributed by atoms with van der Waals surface area (Å²) in [5, 5.41) is 0. The SMILES string of the molecule is NCC1CCN(CCCCC2CCOCC2)CC1. The molecule has 0 amide bonds. The summed E-state index contributed by atoms with van der Waals surface area (Å²) >= 11 is 0. The van der Waals surface area contributed by atoms with Crippen molar-refractivity contribution in [2.24, 2.45) is 17.6 Å². The van der Waals surface area contributed by atoms with E-state index in [2.05, 4.69) is 4.90 Å². The topological polar surface area (TPSA) is 38.5 Å². The average molecular weight is 254 g/mol. The van der Waals surface area contributed by atoms with Gasteiger partial charge in [0.1, 0.15) is 0 Å². The molecular formula is C15H30N2O. The van der Waals surface area contributed by atoms with Crippen LogP contribution in [0.3, 0.4) is 0 Å². The van der Waals surface area contributed by atoms with Crippen LogP contribution in [-0.2, 0) is 4.74 Å². The van der Waals surface area contributed by atoms with Gasteiger partial charge in [-0.25, -0.2) is 0 Å². The van der Waals surface area contributed by atoms with Crippen LogP contribution < -0.4 is 5.73 Å². The van der Waals surface area contributed by atoms with Crippen molar-refractivity contribution >= 4 is 0 Å². The monoisotopic (exact) mass is 254 g/mol. The van der Waals surface area contributed by atoms with Gasteiger partial charge in [-0.1, -0.05) is 12.8 Å². The van der Waals surface area contributed by atoms with Gasteiger partial charge >= 0.3 is 0 Å². The Labute approximate surface area is 112 Å². The molecule has 2 fully saturated rings. The van der Waals surface area contributed by atoms with Crippen LogP contribution in [0.1, 0.15) is 44.9 Å². The summed E-state index contributed by atoms with van der Waals surface area (Å²) in [5.74, 6) is 1.74. The van der Waals surface area contributed by atoms with E-state index in [1.165, 1.54) is 64.6 Å². The molecule has 2 rings (SSSR count). The second-order valence-corrected chi connectivity index (χ2v) is 6.07. The Bertz CT molecular complexity index is 209. The maximum atomic E-state index is 5.72. The summed E-state index contributed by atoms with van der Waals surface area (Å²) in [5.41, 5.74) is 5.72. The molecule has 0 spiro atoms. The van der Waals surface area contributed by atoms with E-state index in [4.69, 9.17) is 10.5 Å². The van der Waals surface area contributed by atoms with Crippen LogP contribution >= 0.6 is 0 Å². The molecule has 0 aliphatic carbocycles. The van der Waals surface area contributed by atoms with Gasteiger partial charge < -0.3 is 15.4 Å². The molecule has 0 bridgehead atoms. The lowest BCUT2D eigenvalue weighted by atomic mass is 9.93. The van der Waals surface area contributed by atoms with Gasteiger partial charge in [0.25, 0.3) is 0 Å². The molecule has 0 aromatic rings. The number of piperidine rings is 1. The summed E-state index contributed by atoms with van der Waals surface area (Å²) in [6.45, 7) is 6.74. The Morgan fingerprint density at radius 2 is 1.67 bits per heavy atom. The number of rotatable bonds is 6. The number of unbranched alkanes of at least 4 members (excludes halogenated alkanes) is 1. The molecule has 2 aliphatic heterocycles. The zero-order chi connectivity index (χ0) is 12.6. The van der Waals surface area contributed by atoms with E-state index in [1.54, 1.807) is 0 Å². The van der Waals surface area contributed by atoms with Crippen molar-refractivity contribution < 1.29 is 4.74 Å². The molecule has 18 heavy (non-hydrogen) atoms. The number of likely N-dealkylation sites (tertiary alicyclic amines) is 1. The summed E-state index contributed by atoms with van der Waals surface area (Å²) in [6, 6.07) is 0. The molecule has 0 aromatic heterocycles. The van der Waals surface area contributed by atoms with Gasteiger partial charge in [-0.2, -0.15) is 0 Å². The number of nitrogens with zero attached hydrogens (tertiary/aromatic N) is 1. The smallest absolute Gasteiger partial charge is 0.0468 e. The highest BCUT2D eigenvalue weighted by molar-refractivity contribution is 4.73. The largest absolute Gasteiger partial charge is 0.381 e. The van der Waals surface area contributed by atoms with Gasteiger partial charge in [-0.3, -0.25) is 0 Å². The van der Waals surface area contributed by atoms with E-state index in [1.807, 2.05) is 0 Å². The Hall–Kier alpha value is -0.120. The highest BCUT2D eigenvalue weighted by Gasteiger charge is 2.17. The predicted octanol–water partition coefficient (Wildman–Crippen LogP) is 2.25. The van der Waals surface area contributed by atoms with E-state index in [0.29, 0.717) is 0 Å². The van der Waals surface area contributed by atoms with Crippen molar-refractivity contribution in [1.82, 2.24) is 4.90 Å². The van der Waals surface area contributed by atoms with Crippen molar-refractivity contribution in [1.29, 1.82) is 0 Å². The number of hydrogen-bond acceptors (Lipinski definition) is 3. The molecule has 0 atom stereocenters. The first-order chi connectivity index (χ1) is 8.88. The fourth-order valence-electron chi connectivity index (χ4n) is 3.25. The minimum Gasteiger partial charge on any atom is -0.381 e. The van der Waals surface area contributed by atoms with Gasteiger partial charge in [0.15, 0.2) is 0 Å². The molecule has 2 heterocycles. The normalized spacial score (nSPS) is 24.5. The lowest BCUT2D eigenvalue weighted by Crippen LogP contribution is -2.36. The zero-order valence-electron chi connectivity index (χ0n) is 11.8. The molecule has 0 aromatic carbocycles. The van der Waals surface area contributed by atoms with E-state index >= 15 is 0 Å². The minimum atomic E-state index is 0.795. The van der Waals surface area contributed by atoms with Crippen LogP contribution in [0.25, 0.3) is 0 Å². The second kappa shape index (κ2) is 8.13. The molecule has 2 N–H and O–H groups in total. The second-order valence-electron chi connectivity index (χ2n) is 6.07. The van der Waals surface area contributed by atoms with Crippen molar-refractivity contribution in [3.8, 4) is 0 Å². The summed E-state index contributed by atoms with van der Waals surface area (Å²) in [6.07, 6.45) is 9.42. The minimum absolute atomic E-state index is 0.795. The van der Waals surface area contributed by atoms with Crippen LogP contribution in [0.2, 0.25) is 0 Å². The Balaban J connectivity index is 1.48. The van der Waals surface area contributed by atoms with E-state index < -0.39 is 0 Å². The fraction of sp³-hybridized carbons (Fsp3) is 1.00. The summed E-state index contributed by atoms with van der Waals surface area (Å²) < 4.78 is 5.40. The van der Waals surface area contributed by atoms with Crippen molar-refractivity contribution in [2.75, 3.05) is 39.4 Å². The first-order valence-corrected chi connectivity index (χ1v) is 7.88. The standard InChI is InChI=1S/C15H30N2O/c16-13-15-4-9-17(10-5-15)8-2-1-3-14-6-11-18-12-7-14/h14-15H,1-13,16H2. The first kappa shape index (κ1) is 14.3. The number of nitrogens with two attached hydrogens (primary N) is 1. The lowest BCUT2D eigenvalue weighted by Gasteiger charge is -2.31. The van der Waals surface area contributed by atoms with Gasteiger partial charge in [-0.15, -0.1) is 0 Å². The van der Waals surface area contributed by atoms with E-state index in [-0.39, 0.29) is 0 Å². The van der Waals surface area contributed by atoms with Gasteiger partial charge in [0.2, 0.25) is 0 Å². The van der Waals surface area contributed by atoms with Crippen molar-refractivity contribution in [3.63, 3.8) is 0 Å². The molecule has 3 nitrogen and oxygen atoms in total. The van der Waals surface area contributed by atoms with E-state index in [0.717, 1.165) is 31.6 Å². The van der Waals surface area contributed by atoms with Crippen LogP contribution in [-0.4, -0.2) is 44.3 Å². The maximum Gasteiger partial charge on any atom is 0.0468 e. The first-order valence-electron chi connectivity index (χ1n) is 7.88. The van der Waals surface area contributed by atoms with Crippen LogP contribution in [0, 0.1) is 11.8 Å². The molecule has 0 saturated carbocycles. The van der Waals surface area contributed by atoms with Gasteiger partial charge in [0.05, 0.1) is 0 Å². The highest BCUT2D eigenvalue weighted by atomic mass is 16.5. The van der Waals surface area contributed by atoms with Crippen LogP contribution in [0.15, 0.2) is 0 Å². The maximum absolute atomic E-state index is 5.72. The zero-order valence-corrected chi connectivity index (χ0v) is 11.8. The lowest BCUT2D eigenvalue weighted by molar-refractivity contribution is 0.0627. The Kier molecular flexibility index (Phi) is 6.46. The third kappa shape index (κ3) is 4.87. The van der Waals surface area contributed by atoms with E-state index in [9.17, 15) is 0 Å². The number of ether oxygens (including phenoxy) is 1. The van der Waals surface area contributed by atoms with Gasteiger partial charge in [0, 0.05) is 13.2 Å². The fourth-order valence-corrected chi connectivity index (χ4v) is 3.25. The third-order valence-electron chi connectivity index (χ3n) is 4.72. The third-order valence-corrected chi connectivity index (χ3v) is 4.72. The van der Waals surface area contributed by atoms with Crippen molar-refractivity contribution in [2.45, 2.75) is 44.9 Å². The molecule has 106 valence electrons. The Morgan fingerprint density at radius 1 is 0.944 bits per heavy atom. The quantitative estimate of drug-likeness (QED) is 0.739. The summed E-state index contributed by atoms with van der Waals surface area (Å²) in [7, 11) is 0.